The Morgan fingerprint density at radius 2 is 1.79 bits per heavy atom. The van der Waals surface area contributed by atoms with Gasteiger partial charge in [-0.1, -0.05) is 44.2 Å². The van der Waals surface area contributed by atoms with Crippen LogP contribution in [0.15, 0.2) is 30.3 Å². The van der Waals surface area contributed by atoms with Gasteiger partial charge < -0.3 is 0 Å². The molecular weight excluding hydrogens is 386 g/mol. The van der Waals surface area contributed by atoms with Gasteiger partial charge in [0.05, 0.1) is 11.3 Å². The molecule has 1 saturated heterocycles. The van der Waals surface area contributed by atoms with Crippen LogP contribution in [0.5, 0.6) is 0 Å². The number of fused-ring (bicyclic) bond motifs is 1. The number of carbonyl (C=O) groups is 2. The Bertz CT molecular complexity index is 954. The van der Waals surface area contributed by atoms with E-state index >= 15 is 0 Å². The number of benzene rings is 1. The number of amides is 1. The maximum Gasteiger partial charge on any atom is 0.250 e. The summed E-state index contributed by atoms with van der Waals surface area (Å²) in [5.41, 5.74) is -1.51. The lowest BCUT2D eigenvalue weighted by molar-refractivity contribution is -0.167. The average molecular weight is 418 g/mol. The van der Waals surface area contributed by atoms with Crippen LogP contribution < -0.4 is 0 Å². The highest BCUT2D eigenvalue weighted by Gasteiger charge is 2.70. The first-order chi connectivity index (χ1) is 13.4. The zero-order valence-electron chi connectivity index (χ0n) is 17.8. The molecule has 4 atom stereocenters. The van der Waals surface area contributed by atoms with Crippen LogP contribution in [0.3, 0.4) is 0 Å². The fraction of sp³-hybridized carbons (Fsp3) is 0.652. The summed E-state index contributed by atoms with van der Waals surface area (Å²) < 4.78 is 28.0. The highest BCUT2D eigenvalue weighted by molar-refractivity contribution is 7.89. The Labute approximate surface area is 173 Å². The molecule has 1 heterocycles. The highest BCUT2D eigenvalue weighted by Crippen LogP contribution is 2.66. The van der Waals surface area contributed by atoms with Gasteiger partial charge in [0.15, 0.2) is 0 Å². The van der Waals surface area contributed by atoms with Crippen molar-refractivity contribution in [3.8, 4) is 0 Å². The highest BCUT2D eigenvalue weighted by atomic mass is 32.2. The number of hydrogen-bond acceptors (Lipinski definition) is 4. The number of sulfonamides is 1. The minimum Gasteiger partial charge on any atom is -0.299 e. The molecule has 29 heavy (non-hydrogen) atoms. The quantitative estimate of drug-likeness (QED) is 0.702. The van der Waals surface area contributed by atoms with Crippen LogP contribution in [0.1, 0.15) is 58.9 Å². The van der Waals surface area contributed by atoms with Crippen LogP contribution >= 0.6 is 0 Å². The summed E-state index contributed by atoms with van der Waals surface area (Å²) in [6, 6.07) is 9.37. The third kappa shape index (κ3) is 2.82. The molecule has 1 amide bonds. The van der Waals surface area contributed by atoms with Gasteiger partial charge in [-0.15, -0.1) is 0 Å². The summed E-state index contributed by atoms with van der Waals surface area (Å²) in [4.78, 5) is 26.7. The van der Waals surface area contributed by atoms with Crippen LogP contribution in [0, 0.1) is 22.7 Å². The number of rotatable bonds is 4. The smallest absolute Gasteiger partial charge is 0.250 e. The summed E-state index contributed by atoms with van der Waals surface area (Å²) >= 11 is 0. The van der Waals surface area contributed by atoms with E-state index in [1.807, 2.05) is 30.3 Å². The lowest BCUT2D eigenvalue weighted by Gasteiger charge is -2.66. The van der Waals surface area contributed by atoms with Crippen LogP contribution in [0.25, 0.3) is 0 Å². The predicted octanol–water partition coefficient (Wildman–Crippen LogP) is 3.58. The van der Waals surface area contributed by atoms with Crippen LogP contribution in [0.2, 0.25) is 0 Å². The van der Waals surface area contributed by atoms with Crippen molar-refractivity contribution in [2.24, 2.45) is 22.7 Å². The molecule has 5 rings (SSSR count). The number of carbonyl (C=O) groups excluding carboxylic acids is 2. The number of hydrogen-bond donors (Lipinski definition) is 0. The van der Waals surface area contributed by atoms with Crippen molar-refractivity contribution in [2.45, 2.75) is 65.3 Å². The molecule has 3 aliphatic carbocycles. The first-order valence-corrected chi connectivity index (χ1v) is 12.2. The van der Waals surface area contributed by atoms with Crippen molar-refractivity contribution in [2.75, 3.05) is 5.75 Å². The van der Waals surface area contributed by atoms with Gasteiger partial charge >= 0.3 is 0 Å². The van der Waals surface area contributed by atoms with Crippen molar-refractivity contribution in [3.05, 3.63) is 35.9 Å². The number of nitrogens with zero attached hydrogens (tertiary/aromatic N) is 1. The van der Waals surface area contributed by atoms with Crippen LogP contribution in [0.4, 0.5) is 0 Å². The van der Waals surface area contributed by atoms with Gasteiger partial charge in [-0.3, -0.25) is 9.59 Å². The summed E-state index contributed by atoms with van der Waals surface area (Å²) in [6.45, 7) is 7.22. The fourth-order valence-corrected chi connectivity index (χ4v) is 8.51. The van der Waals surface area contributed by atoms with E-state index in [1.165, 1.54) is 11.2 Å². The van der Waals surface area contributed by atoms with E-state index in [4.69, 9.17) is 0 Å². The second-order valence-corrected chi connectivity index (χ2v) is 12.1. The molecule has 0 radical (unpaired) electrons. The molecular formula is C23H31NO4S. The lowest BCUT2D eigenvalue weighted by atomic mass is 9.48. The van der Waals surface area contributed by atoms with E-state index in [1.54, 1.807) is 6.92 Å². The maximum absolute atomic E-state index is 13.9. The molecule has 5 nitrogen and oxygen atoms in total. The van der Waals surface area contributed by atoms with Gasteiger partial charge in [0.25, 0.3) is 0 Å². The van der Waals surface area contributed by atoms with E-state index in [0.29, 0.717) is 5.92 Å². The molecule has 1 aromatic carbocycles. The second kappa shape index (κ2) is 6.40. The van der Waals surface area contributed by atoms with Crippen LogP contribution in [-0.2, 0) is 26.0 Å². The third-order valence-electron chi connectivity index (χ3n) is 8.30. The zero-order chi connectivity index (χ0) is 21.2. The van der Waals surface area contributed by atoms with Crippen molar-refractivity contribution in [3.63, 3.8) is 0 Å². The minimum absolute atomic E-state index is 0.0165. The van der Waals surface area contributed by atoms with E-state index in [0.717, 1.165) is 31.2 Å². The summed E-state index contributed by atoms with van der Waals surface area (Å²) in [7, 11) is -3.77. The Kier molecular flexibility index (Phi) is 4.54. The van der Waals surface area contributed by atoms with Gasteiger partial charge in [-0.05, 0) is 68.8 Å². The minimum atomic E-state index is -3.77. The maximum atomic E-state index is 13.9. The first-order valence-electron chi connectivity index (χ1n) is 10.6. The molecule has 0 N–H and O–H groups in total. The molecule has 0 aromatic heterocycles. The van der Waals surface area contributed by atoms with Crippen LogP contribution in [-0.4, -0.2) is 35.7 Å². The summed E-state index contributed by atoms with van der Waals surface area (Å²) in [6.07, 6.45) is 3.58. The molecule has 4 unspecified atom stereocenters. The molecule has 3 saturated carbocycles. The van der Waals surface area contributed by atoms with Gasteiger partial charge in [-0.2, -0.15) is 0 Å². The van der Waals surface area contributed by atoms with E-state index in [9.17, 15) is 18.0 Å². The zero-order valence-corrected chi connectivity index (χ0v) is 18.6. The third-order valence-corrected chi connectivity index (χ3v) is 10.3. The Hall–Kier alpha value is -1.69. The summed E-state index contributed by atoms with van der Waals surface area (Å²) in [5, 5.41) is 0. The Morgan fingerprint density at radius 1 is 1.14 bits per heavy atom. The second-order valence-electron chi connectivity index (χ2n) is 10.2. The molecule has 6 heteroatoms. The molecule has 158 valence electrons. The van der Waals surface area contributed by atoms with Crippen molar-refractivity contribution >= 4 is 21.7 Å². The standard InChI is InChI=1S/C23H31NO4S/c1-16(25)22(4,12-17-8-6-5-7-9-17)20(26)24-23-13-18(15-29(24,27)28)10-11-19(14-23)21(23,2)3/h5-9,18-19H,10-15H2,1-4H3. The van der Waals surface area contributed by atoms with Crippen molar-refractivity contribution in [1.29, 1.82) is 0 Å². The van der Waals surface area contributed by atoms with Gasteiger partial charge in [0.2, 0.25) is 15.9 Å². The van der Waals surface area contributed by atoms with Crippen molar-refractivity contribution in [1.82, 2.24) is 4.31 Å². The molecule has 1 aliphatic heterocycles. The Morgan fingerprint density at radius 3 is 2.38 bits per heavy atom. The number of ketones is 1. The van der Waals surface area contributed by atoms with Crippen molar-refractivity contribution < 1.29 is 18.0 Å². The topological polar surface area (TPSA) is 71.5 Å². The van der Waals surface area contributed by atoms with E-state index in [2.05, 4.69) is 13.8 Å². The Balaban J connectivity index is 1.80. The normalized spacial score (nSPS) is 33.7. The van der Waals surface area contributed by atoms with E-state index in [-0.39, 0.29) is 29.3 Å². The van der Waals surface area contributed by atoms with E-state index < -0.39 is 26.9 Å². The average Bonchev–Trinajstić information content (AvgIpc) is 2.85. The van der Waals surface area contributed by atoms with Gasteiger partial charge in [0.1, 0.15) is 11.2 Å². The van der Waals surface area contributed by atoms with Gasteiger partial charge in [-0.25, -0.2) is 12.7 Å². The molecule has 4 aliphatic rings. The molecule has 1 spiro atoms. The molecule has 4 fully saturated rings. The SMILES string of the molecule is CC(=O)C(C)(Cc1ccccc1)C(=O)N1C23CC(CCC(C2)C3(C)C)CS1(=O)=O. The predicted molar refractivity (Wildman–Crippen MR) is 112 cm³/mol. The molecule has 1 aromatic rings. The molecule has 3 bridgehead atoms. The van der Waals surface area contributed by atoms with Gasteiger partial charge in [0, 0.05) is 0 Å². The lowest BCUT2D eigenvalue weighted by Crippen LogP contribution is -2.74. The largest absolute Gasteiger partial charge is 0.299 e. The first kappa shape index (κ1) is 20.6. The fourth-order valence-electron chi connectivity index (χ4n) is 6.11. The number of Topliss-reactive ketones (excluding diaryl/α,β-unsaturated/α-hetero) is 1. The monoisotopic (exact) mass is 417 g/mol. The summed E-state index contributed by atoms with van der Waals surface area (Å²) in [5.74, 6) is -0.284.